The number of hydrogen-bond donors (Lipinski definition) is 2. The molecule has 78 valence electrons. The molecule has 0 spiro atoms. The Labute approximate surface area is 89.0 Å². The van der Waals surface area contributed by atoms with Crippen molar-refractivity contribution in [1.29, 1.82) is 0 Å². The third-order valence-corrected chi connectivity index (χ3v) is 2.78. The summed E-state index contributed by atoms with van der Waals surface area (Å²) in [5.41, 5.74) is 6.11. The van der Waals surface area contributed by atoms with Gasteiger partial charge in [-0.15, -0.1) is 0 Å². The minimum absolute atomic E-state index is 0.878. The minimum atomic E-state index is 0.878. The largest absolute Gasteiger partial charge is 0.353 e. The van der Waals surface area contributed by atoms with Crippen LogP contribution in [0.25, 0.3) is 0 Å². The fourth-order valence-electron chi connectivity index (χ4n) is 2.03. The molecule has 1 aromatic carbocycles. The van der Waals surface area contributed by atoms with Crippen molar-refractivity contribution in [3.63, 3.8) is 0 Å². The van der Waals surface area contributed by atoms with Gasteiger partial charge < -0.3 is 5.32 Å². The van der Waals surface area contributed by atoms with Crippen LogP contribution in [0.2, 0.25) is 0 Å². The number of aliphatic imine (C=N–C) groups is 1. The highest BCUT2D eigenvalue weighted by Gasteiger charge is 2.19. The van der Waals surface area contributed by atoms with Gasteiger partial charge in [-0.25, -0.2) is 5.01 Å². The summed E-state index contributed by atoms with van der Waals surface area (Å²) in [6, 6.07) is 8.54. The molecule has 4 nitrogen and oxygen atoms in total. The lowest BCUT2D eigenvalue weighted by atomic mass is 10.1. The highest BCUT2D eigenvalue weighted by molar-refractivity contribution is 5.80. The highest BCUT2D eigenvalue weighted by Crippen LogP contribution is 2.20. The Hall–Kier alpha value is -1.55. The van der Waals surface area contributed by atoms with E-state index in [9.17, 15) is 0 Å². The lowest BCUT2D eigenvalue weighted by Gasteiger charge is -2.17. The zero-order chi connectivity index (χ0) is 10.1. The van der Waals surface area contributed by atoms with Gasteiger partial charge in [0.05, 0.1) is 6.54 Å². The highest BCUT2D eigenvalue weighted by atomic mass is 15.6. The van der Waals surface area contributed by atoms with Crippen LogP contribution in [-0.2, 0) is 13.1 Å². The van der Waals surface area contributed by atoms with Gasteiger partial charge in [-0.2, -0.15) is 0 Å². The van der Waals surface area contributed by atoms with Gasteiger partial charge in [0.2, 0.25) is 5.96 Å². The van der Waals surface area contributed by atoms with E-state index < -0.39 is 0 Å². The number of hydrazine groups is 1. The number of nitrogens with one attached hydrogen (secondary N) is 2. The summed E-state index contributed by atoms with van der Waals surface area (Å²) in [5.74, 6) is 0.905. The number of guanidine groups is 1. The van der Waals surface area contributed by atoms with E-state index in [4.69, 9.17) is 0 Å². The fourth-order valence-corrected chi connectivity index (χ4v) is 2.03. The van der Waals surface area contributed by atoms with Gasteiger partial charge in [-0.05, 0) is 11.1 Å². The molecule has 0 bridgehead atoms. The van der Waals surface area contributed by atoms with Crippen LogP contribution in [0.3, 0.4) is 0 Å². The van der Waals surface area contributed by atoms with Crippen LogP contribution in [-0.4, -0.2) is 24.1 Å². The molecule has 3 rings (SSSR count). The van der Waals surface area contributed by atoms with E-state index in [1.54, 1.807) is 0 Å². The van der Waals surface area contributed by atoms with E-state index in [0.717, 1.165) is 32.1 Å². The summed E-state index contributed by atoms with van der Waals surface area (Å²) in [5, 5.41) is 5.39. The normalized spacial score (nSPS) is 19.6. The van der Waals surface area contributed by atoms with E-state index in [1.807, 2.05) is 0 Å². The van der Waals surface area contributed by atoms with Crippen molar-refractivity contribution in [2.75, 3.05) is 13.1 Å². The van der Waals surface area contributed by atoms with Crippen molar-refractivity contribution < 1.29 is 0 Å². The summed E-state index contributed by atoms with van der Waals surface area (Å²) in [4.78, 5) is 4.31. The van der Waals surface area contributed by atoms with Crippen molar-refractivity contribution in [3.05, 3.63) is 35.4 Å². The molecule has 2 aliphatic heterocycles. The zero-order valence-electron chi connectivity index (χ0n) is 8.53. The summed E-state index contributed by atoms with van der Waals surface area (Å²) < 4.78 is 0. The first-order valence-electron chi connectivity index (χ1n) is 5.28. The van der Waals surface area contributed by atoms with Gasteiger partial charge in [-0.1, -0.05) is 24.3 Å². The molecule has 0 saturated heterocycles. The quantitative estimate of drug-likeness (QED) is 0.695. The standard InChI is InChI=1S/C11H14N4/c1-2-4-10-8-15(7-9(10)3-1)14-11-12-5-6-13-11/h1-4H,5-8H2,(H2,12,13,14). The Bertz CT molecular complexity index is 374. The lowest BCUT2D eigenvalue weighted by molar-refractivity contribution is 0.239. The van der Waals surface area contributed by atoms with Crippen molar-refractivity contribution in [3.8, 4) is 0 Å². The molecule has 2 N–H and O–H groups in total. The second kappa shape index (κ2) is 3.55. The Morgan fingerprint density at radius 2 is 1.93 bits per heavy atom. The van der Waals surface area contributed by atoms with Gasteiger partial charge in [0.1, 0.15) is 0 Å². The summed E-state index contributed by atoms with van der Waals surface area (Å²) >= 11 is 0. The van der Waals surface area contributed by atoms with Crippen LogP contribution >= 0.6 is 0 Å². The maximum absolute atomic E-state index is 4.31. The molecule has 2 heterocycles. The number of hydrogen-bond acceptors (Lipinski definition) is 4. The molecule has 4 heteroatoms. The van der Waals surface area contributed by atoms with Gasteiger partial charge in [0.15, 0.2) is 0 Å². The molecule has 15 heavy (non-hydrogen) atoms. The van der Waals surface area contributed by atoms with Crippen molar-refractivity contribution in [1.82, 2.24) is 15.8 Å². The SMILES string of the molecule is c1ccc2c(c1)CN(NC1=NCCN1)C2. The first-order chi connectivity index (χ1) is 7.42. The Kier molecular flexibility index (Phi) is 2.07. The summed E-state index contributed by atoms with van der Waals surface area (Å²) in [6.45, 7) is 3.74. The van der Waals surface area contributed by atoms with Crippen LogP contribution in [0.1, 0.15) is 11.1 Å². The molecule has 0 atom stereocenters. The van der Waals surface area contributed by atoms with Crippen LogP contribution in [0, 0.1) is 0 Å². The van der Waals surface area contributed by atoms with E-state index >= 15 is 0 Å². The lowest BCUT2D eigenvalue weighted by Crippen LogP contribution is -2.43. The van der Waals surface area contributed by atoms with Gasteiger partial charge in [-0.3, -0.25) is 10.4 Å². The van der Waals surface area contributed by atoms with E-state index in [-0.39, 0.29) is 0 Å². The summed E-state index contributed by atoms with van der Waals surface area (Å²) in [6.07, 6.45) is 0. The monoisotopic (exact) mass is 202 g/mol. The smallest absolute Gasteiger partial charge is 0.206 e. The molecule has 0 fully saturated rings. The number of benzene rings is 1. The Morgan fingerprint density at radius 3 is 2.53 bits per heavy atom. The van der Waals surface area contributed by atoms with Crippen LogP contribution < -0.4 is 10.7 Å². The second-order valence-electron chi connectivity index (χ2n) is 3.89. The van der Waals surface area contributed by atoms with Crippen LogP contribution in [0.5, 0.6) is 0 Å². The average Bonchev–Trinajstić information content (AvgIpc) is 2.86. The predicted molar refractivity (Wildman–Crippen MR) is 59.1 cm³/mol. The molecular formula is C11H14N4. The van der Waals surface area contributed by atoms with Crippen LogP contribution in [0.15, 0.2) is 29.3 Å². The molecule has 0 radical (unpaired) electrons. The van der Waals surface area contributed by atoms with E-state index in [0.29, 0.717) is 0 Å². The topological polar surface area (TPSA) is 39.7 Å². The van der Waals surface area contributed by atoms with Gasteiger partial charge >= 0.3 is 0 Å². The predicted octanol–water partition coefficient (Wildman–Crippen LogP) is 0.466. The van der Waals surface area contributed by atoms with Gasteiger partial charge in [0.25, 0.3) is 0 Å². The van der Waals surface area contributed by atoms with Crippen molar-refractivity contribution in [2.45, 2.75) is 13.1 Å². The minimum Gasteiger partial charge on any atom is -0.353 e. The maximum Gasteiger partial charge on any atom is 0.206 e. The van der Waals surface area contributed by atoms with E-state index in [2.05, 4.69) is 45.0 Å². The van der Waals surface area contributed by atoms with Crippen LogP contribution in [0.4, 0.5) is 0 Å². The molecule has 1 aromatic rings. The second-order valence-corrected chi connectivity index (χ2v) is 3.89. The maximum atomic E-state index is 4.31. The number of rotatable bonds is 1. The Morgan fingerprint density at radius 1 is 1.20 bits per heavy atom. The fraction of sp³-hybridized carbons (Fsp3) is 0.364. The van der Waals surface area contributed by atoms with E-state index in [1.165, 1.54) is 11.1 Å². The number of fused-ring (bicyclic) bond motifs is 1. The third kappa shape index (κ3) is 1.68. The molecule has 2 aliphatic rings. The Balaban J connectivity index is 1.68. The zero-order valence-corrected chi connectivity index (χ0v) is 8.53. The summed E-state index contributed by atoms with van der Waals surface area (Å²) in [7, 11) is 0. The van der Waals surface area contributed by atoms with Crippen molar-refractivity contribution in [2.24, 2.45) is 4.99 Å². The first-order valence-corrected chi connectivity index (χ1v) is 5.28. The molecule has 0 aromatic heterocycles. The molecule has 0 unspecified atom stereocenters. The van der Waals surface area contributed by atoms with Crippen molar-refractivity contribution >= 4 is 5.96 Å². The van der Waals surface area contributed by atoms with Gasteiger partial charge in [0, 0.05) is 19.6 Å². The third-order valence-electron chi connectivity index (χ3n) is 2.78. The molecule has 0 amide bonds. The first kappa shape index (κ1) is 8.73. The molecular weight excluding hydrogens is 188 g/mol. The molecule has 0 saturated carbocycles. The average molecular weight is 202 g/mol. The molecule has 0 aliphatic carbocycles. The number of nitrogens with zero attached hydrogens (tertiary/aromatic N) is 2.